The average molecular weight is 296 g/mol. The zero-order valence-corrected chi connectivity index (χ0v) is 17.2. The van der Waals surface area contributed by atoms with Gasteiger partial charge in [0.25, 0.3) is 0 Å². The van der Waals surface area contributed by atoms with Gasteiger partial charge in [-0.2, -0.15) is 0 Å². The van der Waals surface area contributed by atoms with Crippen molar-refractivity contribution in [2.24, 2.45) is 21.7 Å². The molecular formula is C20H41N. The summed E-state index contributed by atoms with van der Waals surface area (Å²) >= 11 is 0. The third kappa shape index (κ3) is 2.21. The molecular weight excluding hydrogens is 254 g/mol. The van der Waals surface area contributed by atoms with E-state index < -0.39 is 0 Å². The van der Waals surface area contributed by atoms with Gasteiger partial charge in [-0.1, -0.05) is 55.4 Å². The maximum Gasteiger partial charge on any atom is 0.0212 e. The quantitative estimate of drug-likeness (QED) is 0.575. The van der Waals surface area contributed by atoms with Gasteiger partial charge in [0.2, 0.25) is 0 Å². The van der Waals surface area contributed by atoms with Crippen LogP contribution in [0.5, 0.6) is 0 Å². The van der Waals surface area contributed by atoms with Crippen molar-refractivity contribution in [1.29, 1.82) is 0 Å². The standard InChI is InChI=1S/C20H41N/c1-15(2,3)14-20(12)16(4,5)18(8,9)21(13)19(10,11)17(20,6)7/h14H2,1-13H3. The van der Waals surface area contributed by atoms with E-state index in [0.717, 1.165) is 0 Å². The van der Waals surface area contributed by atoms with Gasteiger partial charge in [-0.25, -0.2) is 0 Å². The fourth-order valence-electron chi connectivity index (χ4n) is 5.17. The van der Waals surface area contributed by atoms with E-state index >= 15 is 0 Å². The molecule has 0 radical (unpaired) electrons. The van der Waals surface area contributed by atoms with E-state index in [4.69, 9.17) is 0 Å². The predicted octanol–water partition coefficient (Wildman–Crippen LogP) is 5.98. The van der Waals surface area contributed by atoms with Crippen molar-refractivity contribution in [1.82, 2.24) is 4.90 Å². The van der Waals surface area contributed by atoms with Crippen LogP contribution in [0, 0.1) is 21.7 Å². The van der Waals surface area contributed by atoms with Crippen LogP contribution in [0.4, 0.5) is 0 Å². The van der Waals surface area contributed by atoms with Gasteiger partial charge in [0.1, 0.15) is 0 Å². The maximum absolute atomic E-state index is 2.63. The van der Waals surface area contributed by atoms with Crippen molar-refractivity contribution in [2.75, 3.05) is 7.05 Å². The van der Waals surface area contributed by atoms with Gasteiger partial charge < -0.3 is 0 Å². The Morgan fingerprint density at radius 1 is 0.667 bits per heavy atom. The molecule has 0 spiro atoms. The first-order valence-corrected chi connectivity index (χ1v) is 8.60. The summed E-state index contributed by atoms with van der Waals surface area (Å²) in [7, 11) is 2.32. The summed E-state index contributed by atoms with van der Waals surface area (Å²) in [6.45, 7) is 29.4. The molecule has 0 aliphatic carbocycles. The highest BCUT2D eigenvalue weighted by Gasteiger charge is 2.69. The molecule has 21 heavy (non-hydrogen) atoms. The Hall–Kier alpha value is -0.0400. The van der Waals surface area contributed by atoms with E-state index in [2.05, 4.69) is 95.0 Å². The number of piperidine rings is 1. The van der Waals surface area contributed by atoms with Crippen molar-refractivity contribution < 1.29 is 0 Å². The lowest BCUT2D eigenvalue weighted by molar-refractivity contribution is -0.254. The fourth-order valence-corrected chi connectivity index (χ4v) is 5.17. The van der Waals surface area contributed by atoms with Gasteiger partial charge in [0.05, 0.1) is 0 Å². The van der Waals surface area contributed by atoms with Crippen molar-refractivity contribution >= 4 is 0 Å². The highest BCUT2D eigenvalue weighted by atomic mass is 15.3. The molecule has 1 saturated heterocycles. The molecule has 0 aromatic carbocycles. The monoisotopic (exact) mass is 295 g/mol. The van der Waals surface area contributed by atoms with E-state index in [0.29, 0.717) is 5.41 Å². The van der Waals surface area contributed by atoms with Crippen LogP contribution < -0.4 is 0 Å². The maximum atomic E-state index is 2.63. The molecule has 1 heterocycles. The van der Waals surface area contributed by atoms with Crippen LogP contribution in [0.25, 0.3) is 0 Å². The van der Waals surface area contributed by atoms with Gasteiger partial charge in [0.15, 0.2) is 0 Å². The first kappa shape index (κ1) is 19.0. The number of hydrogen-bond donors (Lipinski definition) is 0. The molecule has 1 aliphatic heterocycles. The third-order valence-electron chi connectivity index (χ3n) is 8.38. The van der Waals surface area contributed by atoms with E-state index in [-0.39, 0.29) is 27.3 Å². The summed E-state index contributed by atoms with van der Waals surface area (Å²) in [5.41, 5.74) is 1.36. The fraction of sp³-hybridized carbons (Fsp3) is 1.00. The van der Waals surface area contributed by atoms with Crippen LogP contribution in [0.3, 0.4) is 0 Å². The summed E-state index contributed by atoms with van der Waals surface area (Å²) < 4.78 is 0. The van der Waals surface area contributed by atoms with Crippen LogP contribution in [0.2, 0.25) is 0 Å². The van der Waals surface area contributed by atoms with Crippen LogP contribution in [-0.2, 0) is 0 Å². The summed E-state index contributed by atoms with van der Waals surface area (Å²) in [5, 5.41) is 0. The lowest BCUT2D eigenvalue weighted by Gasteiger charge is -2.75. The molecule has 1 fully saturated rings. The van der Waals surface area contributed by atoms with Crippen LogP contribution >= 0.6 is 0 Å². The molecule has 0 amide bonds. The van der Waals surface area contributed by atoms with Gasteiger partial charge in [0, 0.05) is 11.1 Å². The molecule has 0 saturated carbocycles. The Morgan fingerprint density at radius 3 is 1.19 bits per heavy atom. The zero-order chi connectivity index (χ0) is 17.3. The van der Waals surface area contributed by atoms with E-state index in [1.54, 1.807) is 0 Å². The average Bonchev–Trinajstić information content (AvgIpc) is 2.23. The molecule has 1 heteroatoms. The number of hydrogen-bond acceptors (Lipinski definition) is 1. The predicted molar refractivity (Wildman–Crippen MR) is 95.7 cm³/mol. The molecule has 126 valence electrons. The van der Waals surface area contributed by atoms with Gasteiger partial charge in [-0.15, -0.1) is 0 Å². The number of likely N-dealkylation sites (tertiary alicyclic amines) is 1. The largest absolute Gasteiger partial charge is 0.295 e. The van der Waals surface area contributed by atoms with Gasteiger partial charge in [-0.05, 0) is 62.8 Å². The Balaban J connectivity index is 3.65. The van der Waals surface area contributed by atoms with E-state index in [9.17, 15) is 0 Å². The molecule has 0 aromatic rings. The Kier molecular flexibility index (Phi) is 4.07. The molecule has 0 bridgehead atoms. The van der Waals surface area contributed by atoms with Gasteiger partial charge >= 0.3 is 0 Å². The smallest absolute Gasteiger partial charge is 0.0212 e. The minimum Gasteiger partial charge on any atom is -0.295 e. The second kappa shape index (κ2) is 4.49. The van der Waals surface area contributed by atoms with Crippen LogP contribution in [-0.4, -0.2) is 23.0 Å². The normalized spacial score (nSPS) is 30.1. The van der Waals surface area contributed by atoms with Crippen molar-refractivity contribution in [3.05, 3.63) is 0 Å². The molecule has 0 N–H and O–H groups in total. The number of nitrogens with zero attached hydrogens (tertiary/aromatic N) is 1. The molecule has 1 aliphatic rings. The van der Waals surface area contributed by atoms with Crippen LogP contribution in [0.15, 0.2) is 0 Å². The van der Waals surface area contributed by atoms with E-state index in [1.165, 1.54) is 6.42 Å². The second-order valence-corrected chi connectivity index (χ2v) is 11.0. The SMILES string of the molecule is CN1C(C)(C)C(C)(C)C(C)(CC(C)(C)C)C(C)(C)C1(C)C. The highest BCUT2D eigenvalue weighted by molar-refractivity contribution is 5.20. The first-order chi connectivity index (χ1) is 8.86. The minimum absolute atomic E-state index is 0.159. The number of rotatable bonds is 1. The topological polar surface area (TPSA) is 3.24 Å². The third-order valence-corrected chi connectivity index (χ3v) is 8.38. The summed E-state index contributed by atoms with van der Waals surface area (Å²) in [4.78, 5) is 2.63. The van der Waals surface area contributed by atoms with Gasteiger partial charge in [-0.3, -0.25) is 4.90 Å². The molecule has 1 rings (SSSR count). The van der Waals surface area contributed by atoms with Crippen molar-refractivity contribution in [2.45, 2.75) is 101 Å². The zero-order valence-electron chi connectivity index (χ0n) is 17.2. The molecule has 0 atom stereocenters. The summed E-state index contributed by atoms with van der Waals surface area (Å²) in [6, 6.07) is 0. The minimum atomic E-state index is 0.159. The Labute approximate surface area is 134 Å². The first-order valence-electron chi connectivity index (χ1n) is 8.60. The molecule has 0 aromatic heterocycles. The van der Waals surface area contributed by atoms with Crippen LogP contribution in [0.1, 0.15) is 89.5 Å². The lowest BCUT2D eigenvalue weighted by Crippen LogP contribution is -2.77. The second-order valence-electron chi connectivity index (χ2n) is 11.0. The molecule has 0 unspecified atom stereocenters. The Morgan fingerprint density at radius 2 is 0.952 bits per heavy atom. The van der Waals surface area contributed by atoms with E-state index in [1.807, 2.05) is 0 Å². The Bertz CT molecular complexity index is 376. The lowest BCUT2D eigenvalue weighted by atomic mass is 9.38. The molecule has 1 nitrogen and oxygen atoms in total. The summed E-state index contributed by atoms with van der Waals surface area (Å²) in [6.07, 6.45) is 1.25. The van der Waals surface area contributed by atoms with Crippen molar-refractivity contribution in [3.8, 4) is 0 Å². The highest BCUT2D eigenvalue weighted by Crippen LogP contribution is 2.69. The summed E-state index contributed by atoms with van der Waals surface area (Å²) in [5.74, 6) is 0. The van der Waals surface area contributed by atoms with Crippen molar-refractivity contribution in [3.63, 3.8) is 0 Å².